The summed E-state index contributed by atoms with van der Waals surface area (Å²) in [6.45, 7) is 0. The van der Waals surface area contributed by atoms with E-state index < -0.39 is 4.92 Å². The summed E-state index contributed by atoms with van der Waals surface area (Å²) in [5.74, 6) is 0.931. The Morgan fingerprint density at radius 2 is 1.74 bits per heavy atom. The molecule has 0 spiro atoms. The fourth-order valence-corrected chi connectivity index (χ4v) is 2.09. The maximum atomic E-state index is 11.1. The fourth-order valence-electron chi connectivity index (χ4n) is 2.09. The molecule has 0 fully saturated rings. The highest BCUT2D eigenvalue weighted by atomic mass is 16.6. The molecule has 6 heteroatoms. The van der Waals surface area contributed by atoms with Gasteiger partial charge >= 0.3 is 0 Å². The molecule has 0 aliphatic heterocycles. The molecule has 2 aromatic carbocycles. The Labute approximate surface area is 132 Å². The Morgan fingerprint density at radius 1 is 1.00 bits per heavy atom. The lowest BCUT2D eigenvalue weighted by molar-refractivity contribution is -0.384. The van der Waals surface area contributed by atoms with Crippen LogP contribution in [-0.2, 0) is 0 Å². The third-order valence-electron chi connectivity index (χ3n) is 3.15. The smallest absolute Gasteiger partial charge is 0.280 e. The van der Waals surface area contributed by atoms with Gasteiger partial charge in [-0.15, -0.1) is 0 Å². The van der Waals surface area contributed by atoms with Crippen molar-refractivity contribution in [1.82, 2.24) is 0 Å². The lowest BCUT2D eigenvalue weighted by atomic mass is 10.1. The molecule has 0 atom stereocenters. The molecule has 1 N–H and O–H groups in total. The van der Waals surface area contributed by atoms with Crippen LogP contribution in [0, 0.1) is 10.1 Å². The van der Waals surface area contributed by atoms with E-state index in [1.807, 2.05) is 30.3 Å². The summed E-state index contributed by atoms with van der Waals surface area (Å²) in [7, 11) is 0. The first-order valence-corrected chi connectivity index (χ1v) is 6.92. The number of nitrogens with zero attached hydrogens (tertiary/aromatic N) is 2. The van der Waals surface area contributed by atoms with Gasteiger partial charge in [0.2, 0.25) is 0 Å². The van der Waals surface area contributed by atoms with Crippen LogP contribution in [0.4, 0.5) is 11.4 Å². The number of furan rings is 1. The number of hydrazone groups is 1. The first-order chi connectivity index (χ1) is 11.2. The van der Waals surface area contributed by atoms with Crippen molar-refractivity contribution in [3.8, 4) is 11.3 Å². The molecule has 0 unspecified atom stereocenters. The van der Waals surface area contributed by atoms with E-state index in [4.69, 9.17) is 4.42 Å². The molecule has 0 aliphatic rings. The third-order valence-corrected chi connectivity index (χ3v) is 3.15. The standard InChI is InChI=1S/C17H13N3O3/c21-20(22)16-9-5-4-8-15(16)17-11-10-14(23-17)12-18-19-13-6-2-1-3-7-13/h1-12,19H. The van der Waals surface area contributed by atoms with E-state index in [1.165, 1.54) is 12.3 Å². The topological polar surface area (TPSA) is 80.7 Å². The minimum absolute atomic E-state index is 0.00718. The Morgan fingerprint density at radius 3 is 2.52 bits per heavy atom. The predicted molar refractivity (Wildman–Crippen MR) is 88.5 cm³/mol. The van der Waals surface area contributed by atoms with Crippen molar-refractivity contribution in [2.45, 2.75) is 0 Å². The van der Waals surface area contributed by atoms with Crippen LogP contribution in [0.3, 0.4) is 0 Å². The Balaban J connectivity index is 1.77. The SMILES string of the molecule is O=[N+]([O-])c1ccccc1-c1ccc(C=NNc2ccccc2)o1. The molecule has 3 rings (SSSR count). The monoisotopic (exact) mass is 307 g/mol. The van der Waals surface area contributed by atoms with Crippen molar-refractivity contribution in [3.05, 3.63) is 82.6 Å². The van der Waals surface area contributed by atoms with E-state index in [0.717, 1.165) is 5.69 Å². The highest BCUT2D eigenvalue weighted by Crippen LogP contribution is 2.30. The molecule has 6 nitrogen and oxygen atoms in total. The minimum Gasteiger partial charge on any atom is -0.455 e. The molecule has 0 aliphatic carbocycles. The van der Waals surface area contributed by atoms with Crippen molar-refractivity contribution >= 4 is 17.6 Å². The van der Waals surface area contributed by atoms with Crippen molar-refractivity contribution in [2.24, 2.45) is 5.10 Å². The van der Waals surface area contributed by atoms with E-state index in [0.29, 0.717) is 17.1 Å². The second-order valence-electron chi connectivity index (χ2n) is 4.71. The number of benzene rings is 2. The fraction of sp³-hybridized carbons (Fsp3) is 0. The average Bonchev–Trinajstić information content (AvgIpc) is 3.04. The summed E-state index contributed by atoms with van der Waals surface area (Å²) in [4.78, 5) is 10.6. The maximum Gasteiger partial charge on any atom is 0.280 e. The Hall–Kier alpha value is -3.41. The average molecular weight is 307 g/mol. The van der Waals surface area contributed by atoms with Crippen LogP contribution in [-0.4, -0.2) is 11.1 Å². The molecule has 114 valence electrons. The van der Waals surface area contributed by atoms with Gasteiger partial charge in [0.05, 0.1) is 22.4 Å². The number of anilines is 1. The summed E-state index contributed by atoms with van der Waals surface area (Å²) < 4.78 is 5.60. The van der Waals surface area contributed by atoms with Crippen molar-refractivity contribution in [2.75, 3.05) is 5.43 Å². The van der Waals surface area contributed by atoms with Gasteiger partial charge < -0.3 is 4.42 Å². The molecule has 0 radical (unpaired) electrons. The lowest BCUT2D eigenvalue weighted by Gasteiger charge is -1.99. The van der Waals surface area contributed by atoms with Crippen LogP contribution in [0.15, 0.2) is 76.2 Å². The van der Waals surface area contributed by atoms with Crippen molar-refractivity contribution < 1.29 is 9.34 Å². The van der Waals surface area contributed by atoms with E-state index in [1.54, 1.807) is 30.3 Å². The number of hydrogen-bond donors (Lipinski definition) is 1. The predicted octanol–water partition coefficient (Wildman–Crippen LogP) is 4.30. The van der Waals surface area contributed by atoms with Gasteiger partial charge in [-0.05, 0) is 30.3 Å². The van der Waals surface area contributed by atoms with E-state index >= 15 is 0 Å². The second kappa shape index (κ2) is 6.57. The maximum absolute atomic E-state index is 11.1. The van der Waals surface area contributed by atoms with Gasteiger partial charge in [0.25, 0.3) is 5.69 Å². The van der Waals surface area contributed by atoms with Crippen LogP contribution < -0.4 is 5.43 Å². The molecule has 1 aromatic heterocycles. The molecular formula is C17H13N3O3. The second-order valence-corrected chi connectivity index (χ2v) is 4.71. The van der Waals surface area contributed by atoms with E-state index in [9.17, 15) is 10.1 Å². The largest absolute Gasteiger partial charge is 0.455 e. The van der Waals surface area contributed by atoms with Crippen LogP contribution in [0.25, 0.3) is 11.3 Å². The summed E-state index contributed by atoms with van der Waals surface area (Å²) in [6, 6.07) is 19.3. The molecule has 0 bridgehead atoms. The van der Waals surface area contributed by atoms with Gasteiger partial charge in [0, 0.05) is 6.07 Å². The van der Waals surface area contributed by atoms with Crippen LogP contribution in [0.2, 0.25) is 0 Å². The summed E-state index contributed by atoms with van der Waals surface area (Å²) >= 11 is 0. The molecular weight excluding hydrogens is 294 g/mol. The summed E-state index contributed by atoms with van der Waals surface area (Å²) in [5, 5.41) is 15.1. The number of para-hydroxylation sites is 2. The van der Waals surface area contributed by atoms with Crippen LogP contribution in [0.1, 0.15) is 5.76 Å². The lowest BCUT2D eigenvalue weighted by Crippen LogP contribution is -1.90. The first-order valence-electron chi connectivity index (χ1n) is 6.92. The number of hydrogen-bond acceptors (Lipinski definition) is 5. The summed E-state index contributed by atoms with van der Waals surface area (Å²) in [5.41, 5.74) is 4.17. The van der Waals surface area contributed by atoms with E-state index in [2.05, 4.69) is 10.5 Å². The third kappa shape index (κ3) is 3.44. The molecule has 23 heavy (non-hydrogen) atoms. The molecule has 0 saturated heterocycles. The zero-order valence-electron chi connectivity index (χ0n) is 12.0. The quantitative estimate of drug-likeness (QED) is 0.433. The highest BCUT2D eigenvalue weighted by molar-refractivity contribution is 5.79. The number of nitrogens with one attached hydrogen (secondary N) is 1. The molecule has 1 heterocycles. The van der Waals surface area contributed by atoms with Gasteiger partial charge in [-0.3, -0.25) is 15.5 Å². The first kappa shape index (κ1) is 14.5. The Kier molecular flexibility index (Phi) is 4.15. The van der Waals surface area contributed by atoms with Gasteiger partial charge in [0.1, 0.15) is 11.5 Å². The van der Waals surface area contributed by atoms with E-state index in [-0.39, 0.29) is 5.69 Å². The zero-order valence-corrected chi connectivity index (χ0v) is 12.0. The van der Waals surface area contributed by atoms with Crippen LogP contribution >= 0.6 is 0 Å². The summed E-state index contributed by atoms with van der Waals surface area (Å²) in [6.07, 6.45) is 1.52. The molecule has 0 saturated carbocycles. The van der Waals surface area contributed by atoms with Gasteiger partial charge in [-0.2, -0.15) is 5.10 Å². The van der Waals surface area contributed by atoms with Gasteiger partial charge in [0.15, 0.2) is 0 Å². The minimum atomic E-state index is -0.428. The van der Waals surface area contributed by atoms with Gasteiger partial charge in [-0.1, -0.05) is 30.3 Å². The van der Waals surface area contributed by atoms with Gasteiger partial charge in [-0.25, -0.2) is 0 Å². The van der Waals surface area contributed by atoms with Crippen LogP contribution in [0.5, 0.6) is 0 Å². The molecule has 3 aromatic rings. The molecule has 0 amide bonds. The van der Waals surface area contributed by atoms with Crippen molar-refractivity contribution in [3.63, 3.8) is 0 Å². The Bertz CT molecular complexity index is 841. The highest BCUT2D eigenvalue weighted by Gasteiger charge is 2.16. The number of nitro benzene ring substituents is 1. The normalized spacial score (nSPS) is 10.8. The number of rotatable bonds is 5. The number of nitro groups is 1. The zero-order chi connectivity index (χ0) is 16.1. The van der Waals surface area contributed by atoms with Crippen molar-refractivity contribution in [1.29, 1.82) is 0 Å².